The van der Waals surface area contributed by atoms with E-state index in [1.807, 2.05) is 43.3 Å². The number of carbonyl (C=O) groups excluding carboxylic acids is 2. The van der Waals surface area contributed by atoms with Gasteiger partial charge >= 0.3 is 7.60 Å². The third-order valence-corrected chi connectivity index (χ3v) is 8.96. The molecule has 2 N–H and O–H groups in total. The van der Waals surface area contributed by atoms with Crippen LogP contribution >= 0.6 is 19.4 Å². The molecule has 4 rings (SSSR count). The van der Waals surface area contributed by atoms with Gasteiger partial charge in [0.1, 0.15) is 6.04 Å². The number of benzene rings is 3. The number of amides is 2. The molecule has 0 aromatic heterocycles. The van der Waals surface area contributed by atoms with Crippen molar-refractivity contribution >= 4 is 47.6 Å². The number of piperidine rings is 1. The Morgan fingerprint density at radius 3 is 2.50 bits per heavy atom. The van der Waals surface area contributed by atoms with E-state index in [4.69, 9.17) is 9.79 Å². The molecule has 7 nitrogen and oxygen atoms in total. The third-order valence-electron chi connectivity index (χ3n) is 6.43. The van der Waals surface area contributed by atoms with Gasteiger partial charge in [0.25, 0.3) is 0 Å². The van der Waals surface area contributed by atoms with Crippen LogP contribution in [0.3, 0.4) is 0 Å². The van der Waals surface area contributed by atoms with Crippen LogP contribution in [0.1, 0.15) is 26.2 Å². The number of para-hydroxylation sites is 1. The molecule has 2 amide bonds. The van der Waals surface area contributed by atoms with E-state index in [0.29, 0.717) is 19.5 Å². The lowest BCUT2D eigenvalue weighted by Gasteiger charge is -2.38. The molecule has 0 radical (unpaired) electrons. The molecule has 190 valence electrons. The van der Waals surface area contributed by atoms with E-state index < -0.39 is 19.1 Å². The van der Waals surface area contributed by atoms with Crippen molar-refractivity contribution in [1.82, 2.24) is 4.90 Å². The zero-order valence-corrected chi connectivity index (χ0v) is 22.0. The topological polar surface area (TPSA) is 98.2 Å². The molecule has 1 saturated heterocycles. The van der Waals surface area contributed by atoms with E-state index in [2.05, 4.69) is 30.3 Å². The summed E-state index contributed by atoms with van der Waals surface area (Å²) >= 11 is 0.908. The van der Waals surface area contributed by atoms with Crippen molar-refractivity contribution in [2.75, 3.05) is 29.2 Å². The largest absolute Gasteiger partial charge is 0.335 e. The molecule has 0 aliphatic carbocycles. The Labute approximate surface area is 215 Å². The Kier molecular flexibility index (Phi) is 8.52. The number of fused-ring (bicyclic) bond motifs is 1. The van der Waals surface area contributed by atoms with Gasteiger partial charge in [0.05, 0.1) is 16.9 Å². The molecule has 3 aromatic rings. The van der Waals surface area contributed by atoms with Crippen molar-refractivity contribution in [2.45, 2.75) is 32.2 Å². The van der Waals surface area contributed by atoms with Crippen LogP contribution in [0.4, 0.5) is 5.69 Å². The minimum atomic E-state index is -4.19. The summed E-state index contributed by atoms with van der Waals surface area (Å²) in [6, 6.07) is 21.7. The highest BCUT2D eigenvalue weighted by Crippen LogP contribution is 2.39. The van der Waals surface area contributed by atoms with Crippen molar-refractivity contribution in [3.8, 4) is 11.1 Å². The smallest absolute Gasteiger partial charge is 0.330 e. The van der Waals surface area contributed by atoms with E-state index in [1.54, 1.807) is 9.80 Å². The van der Waals surface area contributed by atoms with Crippen molar-refractivity contribution < 1.29 is 23.9 Å². The highest BCUT2D eigenvalue weighted by molar-refractivity contribution is 8.04. The summed E-state index contributed by atoms with van der Waals surface area (Å²) in [6.07, 6.45) is 2.22. The van der Waals surface area contributed by atoms with Crippen molar-refractivity contribution in [1.29, 1.82) is 0 Å². The monoisotopic (exact) mass is 526 g/mol. The molecule has 3 aromatic carbocycles. The molecule has 9 heteroatoms. The normalized spacial score (nSPS) is 16.2. The van der Waals surface area contributed by atoms with Gasteiger partial charge in [-0.3, -0.25) is 14.2 Å². The first kappa shape index (κ1) is 26.4. The highest BCUT2D eigenvalue weighted by atomic mass is 32.2. The maximum absolute atomic E-state index is 13.9. The Bertz CT molecular complexity index is 1290. The predicted octanol–water partition coefficient (Wildman–Crippen LogP) is 5.11. The first-order valence-electron chi connectivity index (χ1n) is 12.1. The van der Waals surface area contributed by atoms with E-state index in [9.17, 15) is 14.2 Å². The fraction of sp³-hybridized carbons (Fsp3) is 0.333. The standard InChI is InChI=1S/C27H31N2O5PS/c1-2-28(27(31)25-13-7-8-16-29(25)26(30)18-36-19-35(32,33)34)24-12-6-5-11-23(24)22-15-14-20-9-3-4-10-21(20)17-22/h3-6,9-12,14-15,17,25H,2,7-8,13,16,18-19H2,1H3,(H2,32,33,34). The number of hydrogen-bond donors (Lipinski definition) is 2. The molecule has 1 fully saturated rings. The number of anilines is 1. The molecule has 36 heavy (non-hydrogen) atoms. The molecular weight excluding hydrogens is 495 g/mol. The van der Waals surface area contributed by atoms with Crippen molar-refractivity contribution in [2.24, 2.45) is 0 Å². The molecule has 0 bridgehead atoms. The quantitative estimate of drug-likeness (QED) is 0.396. The van der Waals surface area contributed by atoms with E-state index in [1.165, 1.54) is 0 Å². The Hall–Kier alpha value is -2.64. The van der Waals surface area contributed by atoms with Crippen LogP contribution in [0.5, 0.6) is 0 Å². The number of nitrogens with zero attached hydrogens (tertiary/aromatic N) is 2. The maximum Gasteiger partial charge on any atom is 0.335 e. The maximum atomic E-state index is 13.9. The Morgan fingerprint density at radius 2 is 1.75 bits per heavy atom. The number of likely N-dealkylation sites (N-methyl/N-ethyl adjacent to an activating group) is 1. The molecule has 1 unspecified atom stereocenters. The molecule has 0 saturated carbocycles. The average molecular weight is 527 g/mol. The van der Waals surface area contributed by atoms with Crippen molar-refractivity contribution in [3.63, 3.8) is 0 Å². The minimum Gasteiger partial charge on any atom is -0.330 e. The SMILES string of the molecule is CCN(C(=O)C1CCCCN1C(=O)CSCP(=O)(O)O)c1ccccc1-c1ccc2ccccc2c1. The number of carbonyl (C=O) groups is 2. The molecule has 1 aliphatic heterocycles. The average Bonchev–Trinajstić information content (AvgIpc) is 2.88. The van der Waals surface area contributed by atoms with Crippen LogP contribution in [0.25, 0.3) is 21.9 Å². The number of hydrogen-bond acceptors (Lipinski definition) is 4. The fourth-order valence-corrected chi connectivity index (χ4v) is 6.41. The molecule has 1 heterocycles. The third kappa shape index (κ3) is 6.19. The molecule has 1 aliphatic rings. The van der Waals surface area contributed by atoms with Gasteiger partial charge in [0.15, 0.2) is 0 Å². The minimum absolute atomic E-state index is 0.0608. The Morgan fingerprint density at radius 1 is 1.03 bits per heavy atom. The van der Waals surface area contributed by atoms with Crippen LogP contribution in [0, 0.1) is 0 Å². The summed E-state index contributed by atoms with van der Waals surface area (Å²) in [4.78, 5) is 48.4. The number of likely N-dealkylation sites (tertiary alicyclic amines) is 1. The van der Waals surface area contributed by atoms with E-state index in [0.717, 1.165) is 52.2 Å². The highest BCUT2D eigenvalue weighted by Gasteiger charge is 2.35. The fourth-order valence-electron chi connectivity index (χ4n) is 4.76. The predicted molar refractivity (Wildman–Crippen MR) is 146 cm³/mol. The lowest BCUT2D eigenvalue weighted by molar-refractivity contribution is -0.139. The van der Waals surface area contributed by atoms with Gasteiger partial charge in [0, 0.05) is 18.7 Å². The van der Waals surface area contributed by atoms with Crippen molar-refractivity contribution in [3.05, 3.63) is 66.7 Å². The molecular formula is C27H31N2O5PS. The second kappa shape index (κ2) is 11.6. The van der Waals surface area contributed by atoms with Crippen LogP contribution in [-0.4, -0.2) is 56.9 Å². The zero-order chi connectivity index (χ0) is 25.7. The van der Waals surface area contributed by atoms with E-state index in [-0.39, 0.29) is 17.6 Å². The first-order valence-corrected chi connectivity index (χ1v) is 15.0. The number of rotatable bonds is 8. The second-order valence-corrected chi connectivity index (χ2v) is 12.0. The van der Waals surface area contributed by atoms with Gasteiger partial charge in [-0.05, 0) is 54.7 Å². The summed E-state index contributed by atoms with van der Waals surface area (Å²) in [5.41, 5.74) is 2.35. The summed E-state index contributed by atoms with van der Waals surface area (Å²) in [7, 11) is -4.19. The van der Waals surface area contributed by atoms with Crippen LogP contribution in [-0.2, 0) is 14.2 Å². The van der Waals surface area contributed by atoms with Crippen LogP contribution < -0.4 is 4.90 Å². The molecule has 0 spiro atoms. The van der Waals surface area contributed by atoms with Gasteiger partial charge in [-0.15, -0.1) is 11.8 Å². The summed E-state index contributed by atoms with van der Waals surface area (Å²) in [5, 5.41) is 2.27. The summed E-state index contributed by atoms with van der Waals surface area (Å²) < 4.78 is 11.2. The van der Waals surface area contributed by atoms with Gasteiger partial charge < -0.3 is 19.6 Å². The number of thioether (sulfide) groups is 1. The lowest BCUT2D eigenvalue weighted by atomic mass is 9.97. The second-order valence-electron chi connectivity index (χ2n) is 8.90. The van der Waals surface area contributed by atoms with Gasteiger partial charge in [0.2, 0.25) is 11.8 Å². The van der Waals surface area contributed by atoms with E-state index >= 15 is 0 Å². The van der Waals surface area contributed by atoms with Crippen LogP contribution in [0.2, 0.25) is 0 Å². The Balaban J connectivity index is 1.60. The first-order chi connectivity index (χ1) is 17.3. The summed E-state index contributed by atoms with van der Waals surface area (Å²) in [5.74, 6) is -0.446. The van der Waals surface area contributed by atoms with Gasteiger partial charge in [-0.2, -0.15) is 0 Å². The lowest BCUT2D eigenvalue weighted by Crippen LogP contribution is -2.53. The molecule has 1 atom stereocenters. The van der Waals surface area contributed by atoms with Gasteiger partial charge in [-0.1, -0.05) is 54.6 Å². The van der Waals surface area contributed by atoms with Crippen LogP contribution in [0.15, 0.2) is 66.7 Å². The zero-order valence-electron chi connectivity index (χ0n) is 20.2. The summed E-state index contributed by atoms with van der Waals surface area (Å²) in [6.45, 7) is 2.85. The van der Waals surface area contributed by atoms with Gasteiger partial charge in [-0.25, -0.2) is 0 Å².